The van der Waals surface area contributed by atoms with Gasteiger partial charge < -0.3 is 0 Å². The minimum atomic E-state index is -0.131. The van der Waals surface area contributed by atoms with Gasteiger partial charge in [-0.15, -0.1) is 11.3 Å². The number of hydroxylamine groups is 2. The average Bonchev–Trinajstić information content (AvgIpc) is 2.49. The first-order valence-electron chi connectivity index (χ1n) is 3.21. The number of hydrogen-bond donors (Lipinski definition) is 0. The van der Waals surface area contributed by atoms with Gasteiger partial charge in [-0.2, -0.15) is 0 Å². The summed E-state index contributed by atoms with van der Waals surface area (Å²) >= 11 is 4.65. The van der Waals surface area contributed by atoms with Crippen molar-refractivity contribution >= 4 is 33.2 Å². The summed E-state index contributed by atoms with van der Waals surface area (Å²) in [4.78, 5) is 16.8. The van der Waals surface area contributed by atoms with Crippen LogP contribution in [-0.4, -0.2) is 25.1 Å². The van der Waals surface area contributed by atoms with Gasteiger partial charge in [0.15, 0.2) is 0 Å². The highest BCUT2D eigenvalue weighted by molar-refractivity contribution is 9.10. The Morgan fingerprint density at radius 3 is 2.83 bits per heavy atom. The van der Waals surface area contributed by atoms with Crippen molar-refractivity contribution in [2.24, 2.45) is 0 Å². The lowest BCUT2D eigenvalue weighted by Crippen LogP contribution is -2.24. The molecule has 0 atom stereocenters. The zero-order chi connectivity index (χ0) is 9.14. The van der Waals surface area contributed by atoms with Crippen LogP contribution in [0, 0.1) is 0 Å². The van der Waals surface area contributed by atoms with Gasteiger partial charge in [-0.25, -0.2) is 5.06 Å². The first-order valence-corrected chi connectivity index (χ1v) is 4.88. The molecule has 0 N–H and O–H groups in total. The molecule has 0 aromatic carbocycles. The minimum absolute atomic E-state index is 0.131. The second-order valence-corrected chi connectivity index (χ2v) is 3.94. The number of carbonyl (C=O) groups excluding carboxylic acids is 1. The SMILES string of the molecule is CON(C)C(=O)c1cc(Br)cs1. The van der Waals surface area contributed by atoms with E-state index in [0.717, 1.165) is 4.47 Å². The smallest absolute Gasteiger partial charge is 0.274 e. The number of hydrogen-bond acceptors (Lipinski definition) is 3. The zero-order valence-electron chi connectivity index (χ0n) is 6.70. The van der Waals surface area contributed by atoms with Gasteiger partial charge in [0, 0.05) is 16.9 Å². The van der Waals surface area contributed by atoms with E-state index in [2.05, 4.69) is 15.9 Å². The maximum Gasteiger partial charge on any atom is 0.287 e. The van der Waals surface area contributed by atoms with Crippen molar-refractivity contribution in [3.05, 3.63) is 20.8 Å². The van der Waals surface area contributed by atoms with E-state index in [-0.39, 0.29) is 5.91 Å². The molecule has 3 nitrogen and oxygen atoms in total. The van der Waals surface area contributed by atoms with Crippen LogP contribution < -0.4 is 0 Å². The van der Waals surface area contributed by atoms with Crippen LogP contribution in [0.2, 0.25) is 0 Å². The van der Waals surface area contributed by atoms with Crippen LogP contribution in [0.4, 0.5) is 0 Å². The molecule has 0 aliphatic carbocycles. The van der Waals surface area contributed by atoms with Crippen molar-refractivity contribution in [1.29, 1.82) is 0 Å². The van der Waals surface area contributed by atoms with E-state index >= 15 is 0 Å². The largest absolute Gasteiger partial charge is 0.287 e. The lowest BCUT2D eigenvalue weighted by molar-refractivity contribution is -0.0753. The molecule has 0 fully saturated rings. The zero-order valence-corrected chi connectivity index (χ0v) is 9.11. The third-order valence-electron chi connectivity index (χ3n) is 1.34. The number of thiophene rings is 1. The standard InChI is InChI=1S/C7H8BrNO2S/c1-9(11-2)7(10)6-3-5(8)4-12-6/h3-4H,1-2H3. The first kappa shape index (κ1) is 9.70. The minimum Gasteiger partial charge on any atom is -0.274 e. The Kier molecular flexibility index (Phi) is 3.25. The van der Waals surface area contributed by atoms with E-state index in [9.17, 15) is 4.79 Å². The predicted molar refractivity (Wildman–Crippen MR) is 51.1 cm³/mol. The number of rotatable bonds is 2. The molecule has 0 saturated carbocycles. The fourth-order valence-corrected chi connectivity index (χ4v) is 2.06. The van der Waals surface area contributed by atoms with Crippen molar-refractivity contribution in [2.45, 2.75) is 0 Å². The molecule has 0 spiro atoms. The van der Waals surface area contributed by atoms with Crippen molar-refractivity contribution in [1.82, 2.24) is 5.06 Å². The van der Waals surface area contributed by atoms with E-state index in [1.165, 1.54) is 23.5 Å². The first-order chi connectivity index (χ1) is 5.65. The van der Waals surface area contributed by atoms with Gasteiger partial charge in [0.05, 0.1) is 12.0 Å². The summed E-state index contributed by atoms with van der Waals surface area (Å²) in [7, 11) is 3.04. The normalized spacial score (nSPS) is 9.92. The molecule has 1 aromatic heterocycles. The van der Waals surface area contributed by atoms with Crippen LogP contribution in [0.3, 0.4) is 0 Å². The highest BCUT2D eigenvalue weighted by atomic mass is 79.9. The number of nitrogens with zero attached hydrogens (tertiary/aromatic N) is 1. The van der Waals surface area contributed by atoms with E-state index < -0.39 is 0 Å². The van der Waals surface area contributed by atoms with Crippen molar-refractivity contribution < 1.29 is 9.63 Å². The average molecular weight is 250 g/mol. The summed E-state index contributed by atoms with van der Waals surface area (Å²) < 4.78 is 0.917. The van der Waals surface area contributed by atoms with Crippen LogP contribution in [0.5, 0.6) is 0 Å². The second kappa shape index (κ2) is 4.02. The van der Waals surface area contributed by atoms with Gasteiger partial charge in [-0.1, -0.05) is 0 Å². The molecule has 0 bridgehead atoms. The van der Waals surface area contributed by atoms with Crippen LogP contribution >= 0.6 is 27.3 Å². The highest BCUT2D eigenvalue weighted by Crippen LogP contribution is 2.20. The van der Waals surface area contributed by atoms with Crippen LogP contribution in [0.25, 0.3) is 0 Å². The molecule has 0 aliphatic rings. The van der Waals surface area contributed by atoms with Crippen molar-refractivity contribution in [3.8, 4) is 0 Å². The summed E-state index contributed by atoms with van der Waals surface area (Å²) in [5.74, 6) is -0.131. The molecule has 1 heterocycles. The van der Waals surface area contributed by atoms with E-state index in [0.29, 0.717) is 4.88 Å². The van der Waals surface area contributed by atoms with Gasteiger partial charge in [-0.3, -0.25) is 9.63 Å². The molecule has 1 aromatic rings. The summed E-state index contributed by atoms with van der Waals surface area (Å²) in [5.41, 5.74) is 0. The van der Waals surface area contributed by atoms with E-state index in [1.807, 2.05) is 5.38 Å². The molecule has 66 valence electrons. The number of amides is 1. The van der Waals surface area contributed by atoms with Crippen LogP contribution in [0.15, 0.2) is 15.9 Å². The topological polar surface area (TPSA) is 29.5 Å². The Balaban J connectivity index is 2.78. The van der Waals surface area contributed by atoms with Crippen molar-refractivity contribution in [3.63, 3.8) is 0 Å². The molecule has 0 aliphatic heterocycles. The summed E-state index contributed by atoms with van der Waals surface area (Å²) in [6.07, 6.45) is 0. The molecule has 0 unspecified atom stereocenters. The third kappa shape index (κ3) is 2.06. The fraction of sp³-hybridized carbons (Fsp3) is 0.286. The van der Waals surface area contributed by atoms with Crippen molar-refractivity contribution in [2.75, 3.05) is 14.2 Å². The van der Waals surface area contributed by atoms with Crippen LogP contribution in [0.1, 0.15) is 9.67 Å². The van der Waals surface area contributed by atoms with E-state index in [4.69, 9.17) is 4.84 Å². The maximum absolute atomic E-state index is 11.4. The fourth-order valence-electron chi connectivity index (χ4n) is 0.663. The molecule has 1 rings (SSSR count). The second-order valence-electron chi connectivity index (χ2n) is 2.11. The Hall–Kier alpha value is -0.390. The number of halogens is 1. The van der Waals surface area contributed by atoms with Crippen LogP contribution in [-0.2, 0) is 4.84 Å². The van der Waals surface area contributed by atoms with E-state index in [1.54, 1.807) is 13.1 Å². The maximum atomic E-state index is 11.4. The Bertz CT molecular complexity index is 287. The predicted octanol–water partition coefficient (Wildman–Crippen LogP) is 2.14. The van der Waals surface area contributed by atoms with Gasteiger partial charge in [0.25, 0.3) is 5.91 Å². The van der Waals surface area contributed by atoms with Gasteiger partial charge in [0.2, 0.25) is 0 Å². The molecule has 0 saturated heterocycles. The number of carbonyl (C=O) groups is 1. The summed E-state index contributed by atoms with van der Waals surface area (Å²) in [6, 6.07) is 1.77. The Morgan fingerprint density at radius 1 is 1.75 bits per heavy atom. The van der Waals surface area contributed by atoms with Gasteiger partial charge in [0.1, 0.15) is 0 Å². The molecular formula is C7H8BrNO2S. The highest BCUT2D eigenvalue weighted by Gasteiger charge is 2.12. The monoisotopic (exact) mass is 249 g/mol. The molecular weight excluding hydrogens is 242 g/mol. The quantitative estimate of drug-likeness (QED) is 0.752. The molecule has 0 radical (unpaired) electrons. The molecule has 5 heteroatoms. The summed E-state index contributed by atoms with van der Waals surface area (Å²) in [6.45, 7) is 0. The van der Waals surface area contributed by atoms with Gasteiger partial charge >= 0.3 is 0 Å². The Morgan fingerprint density at radius 2 is 2.42 bits per heavy atom. The summed E-state index contributed by atoms with van der Waals surface area (Å²) in [5, 5.41) is 3.05. The lowest BCUT2D eigenvalue weighted by atomic mass is 10.4. The lowest BCUT2D eigenvalue weighted by Gasteiger charge is -2.11. The third-order valence-corrected chi connectivity index (χ3v) is 3.02. The molecule has 12 heavy (non-hydrogen) atoms. The molecule has 1 amide bonds. The van der Waals surface area contributed by atoms with Gasteiger partial charge in [-0.05, 0) is 22.0 Å². The Labute approximate surface area is 83.0 Å².